The van der Waals surface area contributed by atoms with Gasteiger partial charge < -0.3 is 35.2 Å². The van der Waals surface area contributed by atoms with Crippen molar-refractivity contribution in [3.05, 3.63) is 72.8 Å². The van der Waals surface area contributed by atoms with Crippen LogP contribution in [0.15, 0.2) is 77.2 Å². The van der Waals surface area contributed by atoms with Crippen molar-refractivity contribution in [1.29, 1.82) is 0 Å². The first-order chi connectivity index (χ1) is 17.9. The lowest BCUT2D eigenvalue weighted by Gasteiger charge is -2.10. The summed E-state index contributed by atoms with van der Waals surface area (Å²) in [6.07, 6.45) is 6.35. The van der Waals surface area contributed by atoms with Gasteiger partial charge in [0.25, 0.3) is 0 Å². The van der Waals surface area contributed by atoms with Crippen molar-refractivity contribution >= 4 is 17.6 Å². The maximum Gasteiger partial charge on any atom is 0.218 e. The molecule has 0 amide bonds. The Labute approximate surface area is 217 Å². The molecule has 11 nitrogen and oxygen atoms in total. The molecule has 3 rings (SSSR count). The molecule has 1 aliphatic heterocycles. The second-order valence-electron chi connectivity index (χ2n) is 7.49. The molecule has 1 aromatic carbocycles. The normalized spacial score (nSPS) is 13.6. The number of rotatable bonds is 10. The fourth-order valence-corrected chi connectivity index (χ4v) is 2.90. The zero-order chi connectivity index (χ0) is 27.0. The van der Waals surface area contributed by atoms with E-state index >= 15 is 0 Å². The van der Waals surface area contributed by atoms with Crippen LogP contribution < -0.4 is 25.7 Å². The van der Waals surface area contributed by atoms with Crippen molar-refractivity contribution in [1.82, 2.24) is 9.97 Å². The third-order valence-corrected chi connectivity index (χ3v) is 4.64. The third kappa shape index (κ3) is 10.4. The molecule has 2 heterocycles. The van der Waals surface area contributed by atoms with Crippen molar-refractivity contribution in [2.75, 3.05) is 34.2 Å². The zero-order valence-electron chi connectivity index (χ0n) is 21.5. The lowest BCUT2D eigenvalue weighted by Crippen LogP contribution is -2.24. The first kappa shape index (κ1) is 28.9. The van der Waals surface area contributed by atoms with E-state index in [2.05, 4.69) is 40.0 Å². The van der Waals surface area contributed by atoms with Crippen LogP contribution >= 0.6 is 0 Å². The maximum atomic E-state index is 5.55. The standard InChI is InChI=1S/C20H24N6O3.C6H10O2/c1-5-13(2)11-29-19-10-17(23-12-24-19)25-18(26-20(21)22)9-14-6-7-15(27-3)16(8-14)28-4;1-2-3-6-4-7-5-8-6/h5-8,10,12H,1-2,9,11H2,3-4H3,(H4,21,22,23,24,25,26);3H,2,4-5H2,1H3/b;6-3+. The average molecular weight is 511 g/mol. The molecular formula is C26H34N6O5. The number of ether oxygens (including phenoxy) is 5. The monoisotopic (exact) mass is 510 g/mol. The van der Waals surface area contributed by atoms with Gasteiger partial charge in [-0.25, -0.2) is 15.0 Å². The first-order valence-corrected chi connectivity index (χ1v) is 11.4. The Morgan fingerprint density at radius 1 is 1.16 bits per heavy atom. The number of aromatic nitrogens is 2. The molecule has 2 aromatic rings. The summed E-state index contributed by atoms with van der Waals surface area (Å²) < 4.78 is 26.1. The van der Waals surface area contributed by atoms with Crippen molar-refractivity contribution in [2.45, 2.75) is 19.8 Å². The molecule has 1 saturated heterocycles. The second kappa shape index (κ2) is 15.6. The Morgan fingerprint density at radius 3 is 2.57 bits per heavy atom. The van der Waals surface area contributed by atoms with Crippen LogP contribution in [0.25, 0.3) is 0 Å². The largest absolute Gasteiger partial charge is 0.493 e. The summed E-state index contributed by atoms with van der Waals surface area (Å²) >= 11 is 0. The van der Waals surface area contributed by atoms with Gasteiger partial charge in [0, 0.05) is 12.5 Å². The number of nitrogens with two attached hydrogens (primary N) is 2. The summed E-state index contributed by atoms with van der Waals surface area (Å²) in [5.41, 5.74) is 12.7. The number of allylic oxidation sites excluding steroid dienone is 1. The van der Waals surface area contributed by atoms with E-state index in [9.17, 15) is 0 Å². The van der Waals surface area contributed by atoms with Gasteiger partial charge in [-0.15, -0.1) is 0 Å². The van der Waals surface area contributed by atoms with Crippen molar-refractivity contribution < 1.29 is 23.7 Å². The van der Waals surface area contributed by atoms with Gasteiger partial charge in [0.1, 0.15) is 31.1 Å². The summed E-state index contributed by atoms with van der Waals surface area (Å²) in [4.78, 5) is 16.7. The van der Waals surface area contributed by atoms with Gasteiger partial charge in [-0.3, -0.25) is 0 Å². The van der Waals surface area contributed by atoms with Crippen molar-refractivity contribution in [3.63, 3.8) is 0 Å². The van der Waals surface area contributed by atoms with Gasteiger partial charge in [0.15, 0.2) is 30.1 Å². The average Bonchev–Trinajstić information content (AvgIpc) is 3.41. The highest BCUT2D eigenvalue weighted by Gasteiger charge is 2.09. The van der Waals surface area contributed by atoms with Gasteiger partial charge in [-0.1, -0.05) is 32.2 Å². The van der Waals surface area contributed by atoms with Crippen LogP contribution in [0.2, 0.25) is 0 Å². The lowest BCUT2D eigenvalue weighted by atomic mass is 10.1. The predicted octanol–water partition coefficient (Wildman–Crippen LogP) is 3.45. The number of methoxy groups -OCH3 is 2. The van der Waals surface area contributed by atoms with Crippen LogP contribution in [-0.4, -0.2) is 56.0 Å². The van der Waals surface area contributed by atoms with Crippen molar-refractivity contribution in [2.24, 2.45) is 21.5 Å². The molecule has 11 heteroatoms. The summed E-state index contributed by atoms with van der Waals surface area (Å²) in [6, 6.07) is 7.07. The van der Waals surface area contributed by atoms with E-state index in [1.807, 2.05) is 18.2 Å². The Balaban J connectivity index is 0.000000510. The van der Waals surface area contributed by atoms with Gasteiger partial charge in [0.05, 0.1) is 14.2 Å². The van der Waals surface area contributed by atoms with Gasteiger partial charge in [0.2, 0.25) is 5.88 Å². The van der Waals surface area contributed by atoms with Crippen LogP contribution in [0.3, 0.4) is 0 Å². The second-order valence-corrected chi connectivity index (χ2v) is 7.49. The molecular weight excluding hydrogens is 476 g/mol. The van der Waals surface area contributed by atoms with E-state index in [-0.39, 0.29) is 12.6 Å². The van der Waals surface area contributed by atoms with E-state index in [4.69, 9.17) is 35.2 Å². The summed E-state index contributed by atoms with van der Waals surface area (Å²) in [5, 5.41) is 0. The minimum atomic E-state index is -0.114. The minimum Gasteiger partial charge on any atom is -0.493 e. The molecule has 0 atom stereocenters. The number of amidine groups is 1. The van der Waals surface area contributed by atoms with Gasteiger partial charge in [-0.05, 0) is 35.8 Å². The summed E-state index contributed by atoms with van der Waals surface area (Å²) in [6.45, 7) is 10.9. The Hall–Kier alpha value is -4.38. The summed E-state index contributed by atoms with van der Waals surface area (Å²) in [7, 11) is 3.14. The molecule has 0 bridgehead atoms. The number of hydrogen-bond acceptors (Lipinski definition) is 8. The van der Waals surface area contributed by atoms with Gasteiger partial charge in [-0.2, -0.15) is 4.99 Å². The van der Waals surface area contributed by atoms with E-state index in [0.29, 0.717) is 48.9 Å². The predicted molar refractivity (Wildman–Crippen MR) is 143 cm³/mol. The van der Waals surface area contributed by atoms with Crippen LogP contribution in [0.4, 0.5) is 5.82 Å². The molecule has 0 aliphatic carbocycles. The molecule has 1 aromatic heterocycles. The minimum absolute atomic E-state index is 0.114. The van der Waals surface area contributed by atoms with Crippen LogP contribution in [-0.2, 0) is 15.9 Å². The van der Waals surface area contributed by atoms with Crippen LogP contribution in [0.5, 0.6) is 17.4 Å². The molecule has 37 heavy (non-hydrogen) atoms. The van der Waals surface area contributed by atoms with Gasteiger partial charge >= 0.3 is 0 Å². The van der Waals surface area contributed by atoms with E-state index in [0.717, 1.165) is 23.3 Å². The van der Waals surface area contributed by atoms with Crippen molar-refractivity contribution in [3.8, 4) is 17.4 Å². The molecule has 0 saturated carbocycles. The number of nitrogens with zero attached hydrogens (tertiary/aromatic N) is 4. The highest BCUT2D eigenvalue weighted by atomic mass is 16.7. The number of hydrogen-bond donors (Lipinski definition) is 2. The molecule has 4 N–H and O–H groups in total. The molecule has 0 spiro atoms. The topological polar surface area (TPSA) is 149 Å². The third-order valence-electron chi connectivity index (χ3n) is 4.64. The highest BCUT2D eigenvalue weighted by molar-refractivity contribution is 5.96. The molecule has 198 valence electrons. The summed E-state index contributed by atoms with van der Waals surface area (Å²) in [5.74, 6) is 3.13. The lowest BCUT2D eigenvalue weighted by molar-refractivity contribution is 0.0799. The Bertz CT molecular complexity index is 1130. The Morgan fingerprint density at radius 2 is 1.95 bits per heavy atom. The molecule has 1 fully saturated rings. The highest BCUT2D eigenvalue weighted by Crippen LogP contribution is 2.28. The Kier molecular flexibility index (Phi) is 12.2. The molecule has 1 aliphatic rings. The van der Waals surface area contributed by atoms with E-state index in [1.54, 1.807) is 32.4 Å². The number of benzene rings is 1. The zero-order valence-corrected chi connectivity index (χ0v) is 21.5. The molecule has 0 radical (unpaired) electrons. The fourth-order valence-electron chi connectivity index (χ4n) is 2.90. The van der Waals surface area contributed by atoms with Crippen LogP contribution in [0.1, 0.15) is 18.9 Å². The van der Waals surface area contributed by atoms with E-state index in [1.165, 1.54) is 6.33 Å². The smallest absolute Gasteiger partial charge is 0.218 e. The maximum absolute atomic E-state index is 5.55. The molecule has 0 unspecified atom stereocenters. The SMILES string of the molecule is C=CC(=C)COc1cc(/N=C(\Cc2ccc(OC)c(OC)c2)N=C(N)N)ncn1.CC/C=C1\COCO1. The quantitative estimate of drug-likeness (QED) is 0.278. The number of aliphatic imine (C=N–C) groups is 2. The first-order valence-electron chi connectivity index (χ1n) is 11.4. The van der Waals surface area contributed by atoms with E-state index < -0.39 is 0 Å². The van der Waals surface area contributed by atoms with Crippen LogP contribution in [0, 0.1) is 0 Å². The number of guanidine groups is 1. The fraction of sp³-hybridized carbons (Fsp3) is 0.308.